The van der Waals surface area contributed by atoms with Crippen molar-refractivity contribution in [1.29, 1.82) is 0 Å². The maximum absolute atomic E-state index is 13.7. The Kier molecular flexibility index (Phi) is 6.16. The molecule has 172 valence electrons. The van der Waals surface area contributed by atoms with Gasteiger partial charge >= 0.3 is 5.97 Å². The lowest BCUT2D eigenvalue weighted by atomic mass is 10.0. The quantitative estimate of drug-likeness (QED) is 0.270. The number of anilines is 1. The van der Waals surface area contributed by atoms with Gasteiger partial charge in [-0.3, -0.25) is 4.79 Å². The summed E-state index contributed by atoms with van der Waals surface area (Å²) in [5, 5.41) is 4.40. The summed E-state index contributed by atoms with van der Waals surface area (Å²) in [5.74, 6) is -0.648. The van der Waals surface area contributed by atoms with Crippen LogP contribution in [0.15, 0.2) is 54.6 Å². The first-order chi connectivity index (χ1) is 16.6. The molecule has 0 bridgehead atoms. The first-order valence-electron chi connectivity index (χ1n) is 11.6. The van der Waals surface area contributed by atoms with Crippen LogP contribution in [0.1, 0.15) is 56.0 Å². The van der Waals surface area contributed by atoms with Crippen LogP contribution in [0.4, 0.5) is 5.00 Å². The van der Waals surface area contributed by atoms with E-state index in [9.17, 15) is 9.59 Å². The second-order valence-corrected chi connectivity index (χ2v) is 9.71. The van der Waals surface area contributed by atoms with Crippen molar-refractivity contribution in [1.82, 2.24) is 4.98 Å². The molecule has 34 heavy (non-hydrogen) atoms. The van der Waals surface area contributed by atoms with Crippen LogP contribution in [-0.2, 0) is 17.6 Å². The molecular weight excluding hydrogens is 444 g/mol. The van der Waals surface area contributed by atoms with Gasteiger partial charge in [-0.1, -0.05) is 48.9 Å². The number of para-hydroxylation sites is 1. The van der Waals surface area contributed by atoms with E-state index in [1.807, 2.05) is 61.5 Å². The number of hydrogen-bond acceptors (Lipinski definition) is 5. The predicted octanol–water partition coefficient (Wildman–Crippen LogP) is 6.58. The second kappa shape index (κ2) is 9.39. The Morgan fingerprint density at radius 3 is 2.59 bits per heavy atom. The van der Waals surface area contributed by atoms with Gasteiger partial charge in [0.2, 0.25) is 0 Å². The molecule has 2 aromatic carbocycles. The lowest BCUT2D eigenvalue weighted by molar-refractivity contribution is 0.0601. The molecule has 0 radical (unpaired) electrons. The number of methoxy groups -OCH3 is 1. The van der Waals surface area contributed by atoms with Gasteiger partial charge in [-0.2, -0.15) is 0 Å². The third-order valence-corrected chi connectivity index (χ3v) is 7.63. The minimum Gasteiger partial charge on any atom is -0.465 e. The number of nitrogens with one attached hydrogen (secondary N) is 1. The Labute approximate surface area is 202 Å². The summed E-state index contributed by atoms with van der Waals surface area (Å²) in [7, 11) is 1.39. The molecule has 5 rings (SSSR count). The van der Waals surface area contributed by atoms with Crippen LogP contribution < -0.4 is 5.32 Å². The van der Waals surface area contributed by atoms with E-state index >= 15 is 0 Å². The highest BCUT2D eigenvalue weighted by molar-refractivity contribution is 7.17. The number of nitrogens with zero attached hydrogens (tertiary/aromatic N) is 1. The highest BCUT2D eigenvalue weighted by Crippen LogP contribution is 2.38. The average molecular weight is 471 g/mol. The number of aryl methyl sites for hydroxylation is 2. The topological polar surface area (TPSA) is 68.3 Å². The van der Waals surface area contributed by atoms with Crippen LogP contribution in [0, 0.1) is 6.92 Å². The van der Waals surface area contributed by atoms with Gasteiger partial charge in [0.25, 0.3) is 5.91 Å². The van der Waals surface area contributed by atoms with E-state index in [1.165, 1.54) is 23.3 Å². The van der Waals surface area contributed by atoms with Crippen LogP contribution in [-0.4, -0.2) is 24.0 Å². The molecule has 5 nitrogen and oxygen atoms in total. The summed E-state index contributed by atoms with van der Waals surface area (Å²) < 4.78 is 5.10. The highest BCUT2D eigenvalue weighted by atomic mass is 32.1. The molecule has 0 aliphatic heterocycles. The molecule has 0 unspecified atom stereocenters. The van der Waals surface area contributed by atoms with Gasteiger partial charge < -0.3 is 10.1 Å². The largest absolute Gasteiger partial charge is 0.465 e. The number of hydrogen-bond donors (Lipinski definition) is 1. The monoisotopic (exact) mass is 470 g/mol. The summed E-state index contributed by atoms with van der Waals surface area (Å²) in [6.07, 6.45) is 5.04. The third kappa shape index (κ3) is 4.10. The molecule has 1 N–H and O–H groups in total. The third-order valence-electron chi connectivity index (χ3n) is 6.42. The molecular formula is C28H26N2O3S. The first-order valence-corrected chi connectivity index (χ1v) is 12.4. The summed E-state index contributed by atoms with van der Waals surface area (Å²) in [4.78, 5) is 32.4. The summed E-state index contributed by atoms with van der Waals surface area (Å²) >= 11 is 1.50. The van der Waals surface area contributed by atoms with Crippen LogP contribution in [0.5, 0.6) is 0 Å². The van der Waals surface area contributed by atoms with E-state index in [2.05, 4.69) is 5.32 Å². The molecule has 1 amide bonds. The summed E-state index contributed by atoms with van der Waals surface area (Å²) in [6.45, 7) is 2.04. The minimum atomic E-state index is -0.394. The predicted molar refractivity (Wildman–Crippen MR) is 137 cm³/mol. The molecule has 1 aliphatic rings. The smallest absolute Gasteiger partial charge is 0.341 e. The number of fused-ring (bicyclic) bond motifs is 2. The van der Waals surface area contributed by atoms with E-state index in [0.717, 1.165) is 65.4 Å². The van der Waals surface area contributed by atoms with Gasteiger partial charge in [0.1, 0.15) is 5.00 Å². The fourth-order valence-electron chi connectivity index (χ4n) is 4.68. The molecule has 0 saturated heterocycles. The van der Waals surface area contributed by atoms with Crippen molar-refractivity contribution in [3.05, 3.63) is 81.7 Å². The van der Waals surface area contributed by atoms with E-state index in [1.54, 1.807) is 0 Å². The van der Waals surface area contributed by atoms with Crippen molar-refractivity contribution in [2.75, 3.05) is 12.4 Å². The van der Waals surface area contributed by atoms with Crippen molar-refractivity contribution in [3.8, 4) is 11.3 Å². The van der Waals surface area contributed by atoms with Crippen molar-refractivity contribution in [2.24, 2.45) is 0 Å². The molecule has 4 aromatic rings. The fraction of sp³-hybridized carbons (Fsp3) is 0.250. The van der Waals surface area contributed by atoms with Crippen molar-refractivity contribution < 1.29 is 14.3 Å². The Hall–Kier alpha value is -3.51. The number of esters is 1. The number of pyridine rings is 1. The van der Waals surface area contributed by atoms with E-state index < -0.39 is 5.97 Å². The van der Waals surface area contributed by atoms with E-state index in [-0.39, 0.29) is 5.91 Å². The molecule has 2 heterocycles. The molecule has 6 heteroatoms. The Balaban J connectivity index is 1.60. The zero-order valence-electron chi connectivity index (χ0n) is 19.3. The zero-order chi connectivity index (χ0) is 23.7. The number of carbonyl (C=O) groups excluding carboxylic acids is 2. The summed E-state index contributed by atoms with van der Waals surface area (Å²) in [6, 6.07) is 17.5. The molecule has 0 atom stereocenters. The van der Waals surface area contributed by atoms with Crippen LogP contribution in [0.25, 0.3) is 22.2 Å². The Morgan fingerprint density at radius 2 is 1.76 bits per heavy atom. The number of thiophene rings is 1. The highest BCUT2D eigenvalue weighted by Gasteiger charge is 2.27. The molecule has 1 aliphatic carbocycles. The van der Waals surface area contributed by atoms with Crippen molar-refractivity contribution in [3.63, 3.8) is 0 Å². The van der Waals surface area contributed by atoms with Gasteiger partial charge in [-0.05, 0) is 55.9 Å². The molecule has 2 aromatic heterocycles. The standard InChI is InChI=1S/C28H26N2O3S/c1-17-10-6-7-11-18(17)23-16-21(19-12-8-9-14-22(19)29-23)26(31)30-27-25(28(32)33-2)20-13-4-3-5-15-24(20)34-27/h6-12,14,16H,3-5,13,15H2,1-2H3,(H,30,31). The summed E-state index contributed by atoms with van der Waals surface area (Å²) in [5.41, 5.74) is 5.65. The lowest BCUT2D eigenvalue weighted by Crippen LogP contribution is -2.15. The molecule has 0 saturated carbocycles. The van der Waals surface area contributed by atoms with Crippen LogP contribution >= 0.6 is 11.3 Å². The normalized spacial score (nSPS) is 13.2. The number of aromatic nitrogens is 1. The second-order valence-electron chi connectivity index (χ2n) is 8.60. The van der Waals surface area contributed by atoms with Gasteiger partial charge in [-0.25, -0.2) is 9.78 Å². The Bertz CT molecular complexity index is 1410. The van der Waals surface area contributed by atoms with E-state index in [4.69, 9.17) is 9.72 Å². The minimum absolute atomic E-state index is 0.255. The maximum Gasteiger partial charge on any atom is 0.341 e. The van der Waals surface area contributed by atoms with Crippen molar-refractivity contribution in [2.45, 2.75) is 39.0 Å². The van der Waals surface area contributed by atoms with Gasteiger partial charge in [0.15, 0.2) is 0 Å². The zero-order valence-corrected chi connectivity index (χ0v) is 20.1. The fourth-order valence-corrected chi connectivity index (χ4v) is 5.95. The number of amides is 1. The molecule has 0 fully saturated rings. The number of carbonyl (C=O) groups is 2. The van der Waals surface area contributed by atoms with Gasteiger partial charge in [0.05, 0.1) is 29.4 Å². The first kappa shape index (κ1) is 22.3. The Morgan fingerprint density at radius 1 is 1.00 bits per heavy atom. The maximum atomic E-state index is 13.7. The molecule has 0 spiro atoms. The number of ether oxygens (including phenoxy) is 1. The van der Waals surface area contributed by atoms with Gasteiger partial charge in [-0.15, -0.1) is 11.3 Å². The lowest BCUT2D eigenvalue weighted by Gasteiger charge is -2.12. The van der Waals surface area contributed by atoms with Crippen molar-refractivity contribution >= 4 is 39.1 Å². The van der Waals surface area contributed by atoms with Gasteiger partial charge in [0, 0.05) is 15.8 Å². The van der Waals surface area contributed by atoms with Crippen LogP contribution in [0.3, 0.4) is 0 Å². The average Bonchev–Trinajstić information content (AvgIpc) is 3.03. The van der Waals surface area contributed by atoms with Crippen LogP contribution in [0.2, 0.25) is 0 Å². The number of rotatable bonds is 4. The SMILES string of the molecule is COC(=O)c1c(NC(=O)c2cc(-c3ccccc3C)nc3ccccc23)sc2c1CCCCC2. The number of benzene rings is 2. The van der Waals surface area contributed by atoms with E-state index in [0.29, 0.717) is 16.1 Å².